The average Bonchev–Trinajstić information content (AvgIpc) is 2.58. The molecule has 0 radical (unpaired) electrons. The second-order valence-electron chi connectivity index (χ2n) is 5.38. The van der Waals surface area contributed by atoms with Gasteiger partial charge in [-0.05, 0) is 48.4 Å². The first-order valence-corrected chi connectivity index (χ1v) is 9.63. The van der Waals surface area contributed by atoms with Gasteiger partial charge in [-0.1, -0.05) is 18.5 Å². The average molecular weight is 385 g/mol. The maximum atomic E-state index is 11.3. The molecule has 0 bridgehead atoms. The van der Waals surface area contributed by atoms with Crippen molar-refractivity contribution in [2.24, 2.45) is 5.14 Å². The number of benzene rings is 2. The normalized spacial score (nSPS) is 11.2. The molecule has 6 nitrogen and oxygen atoms in total. The third-order valence-corrected chi connectivity index (χ3v) is 4.63. The van der Waals surface area contributed by atoms with E-state index in [1.165, 1.54) is 12.1 Å². The molecule has 3 N–H and O–H groups in total. The Balaban J connectivity index is 2.11. The number of nitrogens with two attached hydrogens (primary N) is 1. The van der Waals surface area contributed by atoms with Crippen molar-refractivity contribution in [2.45, 2.75) is 24.8 Å². The molecule has 0 saturated carbocycles. The first kappa shape index (κ1) is 19.4. The molecule has 8 heteroatoms. The fourth-order valence-corrected chi connectivity index (χ4v) is 2.99. The van der Waals surface area contributed by atoms with Crippen LogP contribution in [0, 0.1) is 0 Å². The van der Waals surface area contributed by atoms with E-state index in [0.29, 0.717) is 29.7 Å². The van der Waals surface area contributed by atoms with Crippen LogP contribution < -0.4 is 19.9 Å². The zero-order chi connectivity index (χ0) is 18.4. The standard InChI is InChI=1S/C17H21ClN2O4S/c1-3-8-24-17-15(18)9-12(10-16(17)23-2)11-20-13-4-6-14(7-5-13)25(19,21)22/h4-7,9-10,20H,3,8,11H2,1-2H3,(H2,19,21,22). The second-order valence-corrected chi connectivity index (χ2v) is 7.35. The lowest BCUT2D eigenvalue weighted by atomic mass is 10.2. The Hall–Kier alpha value is -1.96. The van der Waals surface area contributed by atoms with Gasteiger partial charge in [-0.3, -0.25) is 0 Å². The van der Waals surface area contributed by atoms with Crippen molar-refractivity contribution in [2.75, 3.05) is 19.0 Å². The van der Waals surface area contributed by atoms with Gasteiger partial charge >= 0.3 is 0 Å². The van der Waals surface area contributed by atoms with Crippen LogP contribution in [0.15, 0.2) is 41.3 Å². The van der Waals surface area contributed by atoms with Gasteiger partial charge in [-0.15, -0.1) is 0 Å². The topological polar surface area (TPSA) is 90.6 Å². The molecule has 0 saturated heterocycles. The van der Waals surface area contributed by atoms with Gasteiger partial charge in [0.2, 0.25) is 10.0 Å². The monoisotopic (exact) mass is 384 g/mol. The molecule has 2 aromatic carbocycles. The maximum absolute atomic E-state index is 11.3. The van der Waals surface area contributed by atoms with Crippen LogP contribution in [0.5, 0.6) is 11.5 Å². The lowest BCUT2D eigenvalue weighted by molar-refractivity contribution is 0.294. The van der Waals surface area contributed by atoms with Gasteiger partial charge in [0.1, 0.15) is 0 Å². The number of primary sulfonamides is 1. The van der Waals surface area contributed by atoms with Crippen LogP contribution >= 0.6 is 11.6 Å². The number of hydrogen-bond donors (Lipinski definition) is 2. The van der Waals surface area contributed by atoms with Gasteiger partial charge in [0.15, 0.2) is 11.5 Å². The van der Waals surface area contributed by atoms with Crippen molar-refractivity contribution in [3.05, 3.63) is 47.0 Å². The van der Waals surface area contributed by atoms with Crippen LogP contribution in [0.25, 0.3) is 0 Å². The summed E-state index contributed by atoms with van der Waals surface area (Å²) in [6.45, 7) is 3.06. The Morgan fingerprint density at radius 1 is 1.20 bits per heavy atom. The number of sulfonamides is 1. The number of methoxy groups -OCH3 is 1. The molecule has 0 unspecified atom stereocenters. The molecular formula is C17H21ClN2O4S. The summed E-state index contributed by atoms with van der Waals surface area (Å²) in [7, 11) is -2.13. The Bertz CT molecular complexity index is 823. The third-order valence-electron chi connectivity index (χ3n) is 3.42. The van der Waals surface area contributed by atoms with E-state index in [0.717, 1.165) is 17.7 Å². The minimum atomic E-state index is -3.69. The number of halogens is 1. The van der Waals surface area contributed by atoms with Crippen LogP contribution in [0.4, 0.5) is 5.69 Å². The van der Waals surface area contributed by atoms with Gasteiger partial charge < -0.3 is 14.8 Å². The Morgan fingerprint density at radius 3 is 2.44 bits per heavy atom. The van der Waals surface area contributed by atoms with E-state index in [9.17, 15) is 8.42 Å². The minimum absolute atomic E-state index is 0.0696. The smallest absolute Gasteiger partial charge is 0.238 e. The first-order valence-electron chi connectivity index (χ1n) is 7.71. The molecule has 0 aliphatic heterocycles. The highest BCUT2D eigenvalue weighted by atomic mass is 35.5. The molecule has 0 atom stereocenters. The molecular weight excluding hydrogens is 364 g/mol. The SMILES string of the molecule is CCCOc1c(Cl)cc(CNc2ccc(S(N)(=O)=O)cc2)cc1OC. The summed E-state index contributed by atoms with van der Waals surface area (Å²) in [5, 5.41) is 8.75. The highest BCUT2D eigenvalue weighted by Crippen LogP contribution is 2.36. The van der Waals surface area contributed by atoms with E-state index in [4.69, 9.17) is 26.2 Å². The van der Waals surface area contributed by atoms with Crippen molar-refractivity contribution in [1.82, 2.24) is 0 Å². The molecule has 0 aromatic heterocycles. The maximum Gasteiger partial charge on any atom is 0.238 e. The minimum Gasteiger partial charge on any atom is -0.493 e. The van der Waals surface area contributed by atoms with Gasteiger partial charge in [0.25, 0.3) is 0 Å². The molecule has 0 aliphatic rings. The summed E-state index contributed by atoms with van der Waals surface area (Å²) in [4.78, 5) is 0.0696. The van der Waals surface area contributed by atoms with Crippen LogP contribution in [0.3, 0.4) is 0 Å². The zero-order valence-electron chi connectivity index (χ0n) is 14.1. The van der Waals surface area contributed by atoms with E-state index in [1.807, 2.05) is 13.0 Å². The van der Waals surface area contributed by atoms with Gasteiger partial charge in [0, 0.05) is 12.2 Å². The predicted octanol–water partition coefficient (Wildman–Crippen LogP) is 3.40. The summed E-state index contributed by atoms with van der Waals surface area (Å²) < 4.78 is 33.5. The molecule has 0 heterocycles. The van der Waals surface area contributed by atoms with E-state index < -0.39 is 10.0 Å². The number of nitrogens with one attached hydrogen (secondary N) is 1. The summed E-state index contributed by atoms with van der Waals surface area (Å²) in [6.07, 6.45) is 0.872. The fraction of sp³-hybridized carbons (Fsp3) is 0.294. The number of anilines is 1. The van der Waals surface area contributed by atoms with Gasteiger partial charge in [-0.2, -0.15) is 0 Å². The molecule has 0 amide bonds. The van der Waals surface area contributed by atoms with Crippen molar-refractivity contribution in [3.8, 4) is 11.5 Å². The lowest BCUT2D eigenvalue weighted by Gasteiger charge is -2.14. The molecule has 136 valence electrons. The van der Waals surface area contributed by atoms with Crippen molar-refractivity contribution in [1.29, 1.82) is 0 Å². The quantitative estimate of drug-likeness (QED) is 0.727. The number of rotatable bonds is 8. The molecule has 2 rings (SSSR count). The third kappa shape index (κ3) is 5.26. The largest absolute Gasteiger partial charge is 0.493 e. The Labute approximate surface area is 152 Å². The highest BCUT2D eigenvalue weighted by molar-refractivity contribution is 7.89. The Kier molecular flexibility index (Phi) is 6.52. The molecule has 2 aromatic rings. The van der Waals surface area contributed by atoms with Gasteiger partial charge in [0.05, 0.1) is 23.6 Å². The van der Waals surface area contributed by atoms with E-state index >= 15 is 0 Å². The van der Waals surface area contributed by atoms with Crippen molar-refractivity contribution in [3.63, 3.8) is 0 Å². The number of ether oxygens (including phenoxy) is 2. The van der Waals surface area contributed by atoms with Crippen LogP contribution in [-0.4, -0.2) is 22.1 Å². The molecule has 0 fully saturated rings. The molecule has 0 aliphatic carbocycles. The summed E-state index contributed by atoms with van der Waals surface area (Å²) >= 11 is 6.29. The summed E-state index contributed by atoms with van der Waals surface area (Å²) in [6, 6.07) is 9.86. The summed E-state index contributed by atoms with van der Waals surface area (Å²) in [5.74, 6) is 1.11. The lowest BCUT2D eigenvalue weighted by Crippen LogP contribution is -2.12. The molecule has 0 spiro atoms. The van der Waals surface area contributed by atoms with Crippen molar-refractivity contribution >= 4 is 27.3 Å². The van der Waals surface area contributed by atoms with Crippen LogP contribution in [-0.2, 0) is 16.6 Å². The van der Waals surface area contributed by atoms with E-state index in [-0.39, 0.29) is 4.90 Å². The predicted molar refractivity (Wildman–Crippen MR) is 98.9 cm³/mol. The second kappa shape index (κ2) is 8.42. The van der Waals surface area contributed by atoms with Crippen LogP contribution in [0.1, 0.15) is 18.9 Å². The Morgan fingerprint density at radius 2 is 1.88 bits per heavy atom. The fourth-order valence-electron chi connectivity index (χ4n) is 2.19. The van der Waals surface area contributed by atoms with Crippen molar-refractivity contribution < 1.29 is 17.9 Å². The number of hydrogen-bond acceptors (Lipinski definition) is 5. The zero-order valence-corrected chi connectivity index (χ0v) is 15.7. The van der Waals surface area contributed by atoms with E-state index in [1.54, 1.807) is 25.3 Å². The molecule has 25 heavy (non-hydrogen) atoms. The first-order chi connectivity index (χ1) is 11.8. The summed E-state index contributed by atoms with van der Waals surface area (Å²) in [5.41, 5.74) is 1.66. The van der Waals surface area contributed by atoms with Gasteiger partial charge in [-0.25, -0.2) is 13.6 Å². The highest BCUT2D eigenvalue weighted by Gasteiger charge is 2.12. The van der Waals surface area contributed by atoms with Crippen LogP contribution in [0.2, 0.25) is 5.02 Å². The van der Waals surface area contributed by atoms with E-state index in [2.05, 4.69) is 5.32 Å².